The first-order valence-electron chi connectivity index (χ1n) is 11.1. The van der Waals surface area contributed by atoms with E-state index in [1.807, 2.05) is 18.0 Å². The first kappa shape index (κ1) is 28.5. The predicted molar refractivity (Wildman–Crippen MR) is 141 cm³/mol. The van der Waals surface area contributed by atoms with Crippen molar-refractivity contribution in [3.05, 3.63) is 30.3 Å². The van der Waals surface area contributed by atoms with Gasteiger partial charge in [-0.15, -0.1) is 10.2 Å². The Morgan fingerprint density at radius 1 is 1.18 bits per heavy atom. The molecule has 1 aliphatic heterocycles. The smallest absolute Gasteiger partial charge is 0.244 e. The van der Waals surface area contributed by atoms with Crippen molar-refractivity contribution in [2.24, 2.45) is 5.14 Å². The van der Waals surface area contributed by atoms with Gasteiger partial charge in [-0.05, 0) is 36.9 Å². The van der Waals surface area contributed by atoms with E-state index < -0.39 is 35.8 Å². The number of nitrogens with two attached hydrogens (primary N) is 2. The SMILES string of the molecule is CC(=O)[O-].CN1CC(N(C)S(=O)(=O)c2ccc(-c3cccc4sc(N)nc34)c(-c3nn[nH]n3)c2S(N)(=O)=O)C1. The number of para-hydroxylation sites is 1. The lowest BCUT2D eigenvalue weighted by molar-refractivity contribution is -0.302. The van der Waals surface area contributed by atoms with E-state index in [9.17, 15) is 16.8 Å². The van der Waals surface area contributed by atoms with Gasteiger partial charge in [0, 0.05) is 31.7 Å². The third-order valence-corrected chi connectivity index (χ3v) is 9.84. The fourth-order valence-electron chi connectivity index (χ4n) is 4.19. The number of H-pyrrole nitrogens is 1. The molecule has 4 aromatic rings. The molecule has 0 atom stereocenters. The van der Waals surface area contributed by atoms with Gasteiger partial charge in [-0.2, -0.15) is 9.52 Å². The second-order valence-electron chi connectivity index (χ2n) is 8.69. The zero-order chi connectivity index (χ0) is 28.7. The molecule has 1 fully saturated rings. The standard InChI is InChI=1S/C19H21N9O4S3.C2H4O2/c1-27-8-10(9-27)28(2)35(31,32)14-7-6-11(12-4-3-5-13-16(12)22-19(20)33-13)15(17(14)34(21,29)30)18-23-25-26-24-18;1-2(3)4/h3-7,10H,8-9H2,1-2H3,(H2,20,22)(H2,21,29,30)(H,23,24,25,26);1H3,(H,3,4)/p-1. The molecule has 2 aromatic carbocycles. The van der Waals surface area contributed by atoms with Gasteiger partial charge in [0.2, 0.25) is 25.9 Å². The van der Waals surface area contributed by atoms with Crippen molar-refractivity contribution in [2.45, 2.75) is 22.8 Å². The number of benzene rings is 2. The number of thiazole rings is 1. The molecule has 1 saturated heterocycles. The monoisotopic (exact) mass is 594 g/mol. The lowest BCUT2D eigenvalue weighted by Crippen LogP contribution is -2.57. The van der Waals surface area contributed by atoms with Crippen LogP contribution in [0.2, 0.25) is 0 Å². The van der Waals surface area contributed by atoms with Crippen LogP contribution in [0.15, 0.2) is 40.1 Å². The number of hydrogen-bond acceptors (Lipinski definition) is 13. The van der Waals surface area contributed by atoms with Crippen LogP contribution >= 0.6 is 11.3 Å². The Bertz CT molecular complexity index is 1740. The summed E-state index contributed by atoms with van der Waals surface area (Å²) in [6.07, 6.45) is 0. The highest BCUT2D eigenvalue weighted by molar-refractivity contribution is 7.92. The summed E-state index contributed by atoms with van der Waals surface area (Å²) in [6.45, 7) is 2.01. The average molecular weight is 595 g/mol. The molecule has 15 nitrogen and oxygen atoms in total. The number of aromatic nitrogens is 5. The Hall–Kier alpha value is -3.55. The number of carboxylic acids is 1. The zero-order valence-electron chi connectivity index (χ0n) is 20.9. The number of aromatic amines is 1. The van der Waals surface area contributed by atoms with Crippen LogP contribution in [-0.4, -0.2) is 90.8 Å². The molecular formula is C21H24N9O6S3-. The number of nitrogen functional groups attached to an aromatic ring is 1. The van der Waals surface area contributed by atoms with E-state index in [1.54, 1.807) is 12.1 Å². The highest BCUT2D eigenvalue weighted by Gasteiger charge is 2.39. The van der Waals surface area contributed by atoms with Crippen LogP contribution in [0.25, 0.3) is 32.7 Å². The predicted octanol–water partition coefficient (Wildman–Crippen LogP) is -0.936. The second kappa shape index (κ2) is 10.5. The summed E-state index contributed by atoms with van der Waals surface area (Å²) in [5, 5.41) is 28.6. The van der Waals surface area contributed by atoms with Gasteiger partial charge < -0.3 is 20.5 Å². The summed E-state index contributed by atoms with van der Waals surface area (Å²) in [4.78, 5) is 14.1. The quantitative estimate of drug-likeness (QED) is 0.245. The Balaban J connectivity index is 0.000000826. The van der Waals surface area contributed by atoms with Crippen LogP contribution in [0.5, 0.6) is 0 Å². The second-order valence-corrected chi connectivity index (χ2v) is 13.2. The van der Waals surface area contributed by atoms with Crippen LogP contribution in [0.1, 0.15) is 6.92 Å². The number of nitrogens with one attached hydrogen (secondary N) is 1. The molecule has 208 valence electrons. The third-order valence-electron chi connectivity index (χ3n) is 5.92. The number of carboxylic acid groups (broad SMARTS) is 1. The van der Waals surface area contributed by atoms with Gasteiger partial charge in [0.05, 0.1) is 21.8 Å². The van der Waals surface area contributed by atoms with Crippen LogP contribution in [0.3, 0.4) is 0 Å². The number of primary sulfonamides is 1. The topological polar surface area (TPSA) is 234 Å². The van der Waals surface area contributed by atoms with E-state index in [0.29, 0.717) is 34.9 Å². The minimum atomic E-state index is -4.59. The molecule has 0 bridgehead atoms. The molecule has 0 spiro atoms. The summed E-state index contributed by atoms with van der Waals surface area (Å²) in [7, 11) is -5.57. The molecule has 3 heterocycles. The minimum absolute atomic E-state index is 0.0967. The van der Waals surface area contributed by atoms with Gasteiger partial charge in [-0.3, -0.25) is 0 Å². The van der Waals surface area contributed by atoms with Crippen molar-refractivity contribution in [1.29, 1.82) is 0 Å². The van der Waals surface area contributed by atoms with Crippen molar-refractivity contribution in [2.75, 3.05) is 32.9 Å². The van der Waals surface area contributed by atoms with Gasteiger partial charge in [0.1, 0.15) is 9.79 Å². The first-order valence-corrected chi connectivity index (χ1v) is 14.9. The van der Waals surface area contributed by atoms with Crippen molar-refractivity contribution in [1.82, 2.24) is 34.8 Å². The Labute approximate surface area is 227 Å². The zero-order valence-corrected chi connectivity index (χ0v) is 23.3. The minimum Gasteiger partial charge on any atom is -0.550 e. The number of fused-ring (bicyclic) bond motifs is 1. The number of nitrogens with zero attached hydrogens (tertiary/aromatic N) is 6. The average Bonchev–Trinajstić information content (AvgIpc) is 3.48. The molecule has 0 radical (unpaired) electrons. The number of carbonyl (C=O) groups is 1. The fourth-order valence-corrected chi connectivity index (χ4v) is 7.87. The number of tetrazole rings is 1. The van der Waals surface area contributed by atoms with Crippen molar-refractivity contribution >= 4 is 52.7 Å². The summed E-state index contributed by atoms with van der Waals surface area (Å²) in [5.74, 6) is -1.22. The summed E-state index contributed by atoms with van der Waals surface area (Å²) >= 11 is 1.27. The van der Waals surface area contributed by atoms with E-state index in [-0.39, 0.29) is 17.4 Å². The maximum atomic E-state index is 13.6. The summed E-state index contributed by atoms with van der Waals surface area (Å²) < 4.78 is 55.1. The Morgan fingerprint density at radius 2 is 1.85 bits per heavy atom. The third kappa shape index (κ3) is 5.60. The highest BCUT2D eigenvalue weighted by Crippen LogP contribution is 2.42. The van der Waals surface area contributed by atoms with Gasteiger partial charge in [0.15, 0.2) is 5.13 Å². The number of likely N-dealkylation sites (tertiary alicyclic amines) is 1. The van der Waals surface area contributed by atoms with E-state index in [2.05, 4.69) is 25.6 Å². The van der Waals surface area contributed by atoms with E-state index in [1.165, 1.54) is 34.8 Å². The molecule has 5 rings (SSSR count). The maximum Gasteiger partial charge on any atom is 0.244 e. The number of anilines is 1. The van der Waals surface area contributed by atoms with E-state index in [0.717, 1.165) is 11.6 Å². The van der Waals surface area contributed by atoms with Gasteiger partial charge >= 0.3 is 0 Å². The van der Waals surface area contributed by atoms with Crippen LogP contribution < -0.4 is 16.0 Å². The van der Waals surface area contributed by atoms with Gasteiger partial charge in [-0.25, -0.2) is 27.0 Å². The largest absolute Gasteiger partial charge is 0.550 e. The molecule has 39 heavy (non-hydrogen) atoms. The van der Waals surface area contributed by atoms with Gasteiger partial charge in [0.25, 0.3) is 0 Å². The van der Waals surface area contributed by atoms with Crippen molar-refractivity contribution < 1.29 is 26.7 Å². The highest BCUT2D eigenvalue weighted by atomic mass is 32.2. The molecule has 2 aromatic heterocycles. The molecule has 1 aliphatic rings. The molecular weight excluding hydrogens is 570 g/mol. The maximum absolute atomic E-state index is 13.6. The molecule has 0 saturated carbocycles. The van der Waals surface area contributed by atoms with E-state index >= 15 is 0 Å². The summed E-state index contributed by atoms with van der Waals surface area (Å²) in [6, 6.07) is 7.73. The molecule has 0 unspecified atom stereocenters. The number of rotatable bonds is 6. The number of sulfonamides is 2. The number of carbonyl (C=O) groups excluding carboxylic acids is 1. The Morgan fingerprint density at radius 3 is 2.41 bits per heavy atom. The number of likely N-dealkylation sites (N-methyl/N-ethyl adjacent to an activating group) is 2. The molecule has 0 aliphatic carbocycles. The van der Waals surface area contributed by atoms with Crippen LogP contribution in [0, 0.1) is 0 Å². The molecule has 18 heteroatoms. The number of aliphatic carboxylic acids is 1. The fraction of sp³-hybridized carbons (Fsp3) is 0.286. The number of hydrogen-bond donors (Lipinski definition) is 3. The summed E-state index contributed by atoms with van der Waals surface area (Å²) in [5.41, 5.74) is 7.15. The van der Waals surface area contributed by atoms with Crippen molar-refractivity contribution in [3.8, 4) is 22.5 Å². The molecule has 5 N–H and O–H groups in total. The normalized spacial score (nSPS) is 14.7. The Kier molecular flexibility index (Phi) is 7.70. The van der Waals surface area contributed by atoms with Crippen molar-refractivity contribution in [3.63, 3.8) is 0 Å². The lowest BCUT2D eigenvalue weighted by Gasteiger charge is -2.41. The lowest BCUT2D eigenvalue weighted by atomic mass is 9.98. The first-order chi connectivity index (χ1) is 18.2. The molecule has 0 amide bonds. The van der Waals surface area contributed by atoms with E-state index in [4.69, 9.17) is 20.8 Å². The van der Waals surface area contributed by atoms with Crippen LogP contribution in [-0.2, 0) is 24.8 Å². The van der Waals surface area contributed by atoms with Gasteiger partial charge in [-0.1, -0.05) is 29.5 Å². The van der Waals surface area contributed by atoms with Crippen LogP contribution in [0.4, 0.5) is 5.13 Å².